The molecule has 0 fully saturated rings. The summed E-state index contributed by atoms with van der Waals surface area (Å²) in [4.78, 5) is 2.35. The largest absolute Gasteiger partial charge is 0.497 e. The number of hydrogen-bond donors (Lipinski definition) is 1. The highest BCUT2D eigenvalue weighted by molar-refractivity contribution is 5.28. The average molecular weight is 294 g/mol. The van der Waals surface area contributed by atoms with E-state index in [0.29, 0.717) is 6.04 Å². The number of benzene rings is 1. The lowest BCUT2D eigenvalue weighted by Crippen LogP contribution is -2.38. The minimum atomic E-state index is 0.489. The van der Waals surface area contributed by atoms with E-state index in [2.05, 4.69) is 36.3 Å². The number of methoxy groups -OCH3 is 1. The molecule has 1 N–H and O–H groups in total. The van der Waals surface area contributed by atoms with E-state index in [4.69, 9.17) is 9.47 Å². The number of nitrogens with zero attached hydrogens (tertiary/aromatic N) is 1. The van der Waals surface area contributed by atoms with Crippen LogP contribution in [0.5, 0.6) is 5.75 Å². The van der Waals surface area contributed by atoms with E-state index in [1.54, 1.807) is 7.11 Å². The number of likely N-dealkylation sites (N-methyl/N-ethyl adjacent to an activating group) is 1. The van der Waals surface area contributed by atoms with Gasteiger partial charge in [-0.25, -0.2) is 0 Å². The van der Waals surface area contributed by atoms with Crippen LogP contribution < -0.4 is 10.1 Å². The van der Waals surface area contributed by atoms with Gasteiger partial charge in [-0.15, -0.1) is 0 Å². The third-order valence-electron chi connectivity index (χ3n) is 3.60. The Bertz CT molecular complexity index is 385. The second kappa shape index (κ2) is 10.6. The van der Waals surface area contributed by atoms with Crippen molar-refractivity contribution in [2.75, 3.05) is 40.5 Å². The topological polar surface area (TPSA) is 33.7 Å². The van der Waals surface area contributed by atoms with Crippen LogP contribution in [0.3, 0.4) is 0 Å². The Morgan fingerprint density at radius 3 is 2.86 bits per heavy atom. The van der Waals surface area contributed by atoms with Gasteiger partial charge < -0.3 is 14.8 Å². The molecule has 120 valence electrons. The molecule has 0 aliphatic carbocycles. The summed E-state index contributed by atoms with van der Waals surface area (Å²) in [5.41, 5.74) is 1.28. The van der Waals surface area contributed by atoms with E-state index in [1.165, 1.54) is 5.56 Å². The molecule has 0 spiro atoms. The first kappa shape index (κ1) is 18.0. The standard InChI is InChI=1S/C17H30N2O2/c1-5-21-11-7-10-18-13-15(2)19(3)14-16-8-6-9-17(12-16)20-4/h6,8-9,12,15,18H,5,7,10-11,13-14H2,1-4H3. The zero-order chi connectivity index (χ0) is 15.5. The van der Waals surface area contributed by atoms with Crippen molar-refractivity contribution in [1.82, 2.24) is 10.2 Å². The van der Waals surface area contributed by atoms with Gasteiger partial charge in [0.15, 0.2) is 0 Å². The highest BCUT2D eigenvalue weighted by Crippen LogP contribution is 2.14. The summed E-state index contributed by atoms with van der Waals surface area (Å²) in [5.74, 6) is 0.919. The van der Waals surface area contributed by atoms with Gasteiger partial charge in [0, 0.05) is 32.3 Å². The molecule has 1 atom stereocenters. The summed E-state index contributed by atoms with van der Waals surface area (Å²) in [6.07, 6.45) is 1.07. The molecule has 0 saturated carbocycles. The van der Waals surface area contributed by atoms with Crippen LogP contribution in [0.1, 0.15) is 25.8 Å². The van der Waals surface area contributed by atoms with Gasteiger partial charge in [0.25, 0.3) is 0 Å². The van der Waals surface area contributed by atoms with Gasteiger partial charge in [-0.3, -0.25) is 4.90 Å². The normalized spacial score (nSPS) is 12.6. The van der Waals surface area contributed by atoms with E-state index < -0.39 is 0 Å². The first-order valence-corrected chi connectivity index (χ1v) is 7.79. The molecule has 21 heavy (non-hydrogen) atoms. The monoisotopic (exact) mass is 294 g/mol. The number of ether oxygens (including phenoxy) is 2. The SMILES string of the molecule is CCOCCCNCC(C)N(C)Cc1cccc(OC)c1. The van der Waals surface area contributed by atoms with Crippen molar-refractivity contribution in [3.05, 3.63) is 29.8 Å². The predicted molar refractivity (Wildman–Crippen MR) is 87.9 cm³/mol. The van der Waals surface area contributed by atoms with Crippen LogP contribution in [-0.2, 0) is 11.3 Å². The van der Waals surface area contributed by atoms with Gasteiger partial charge in [-0.05, 0) is 51.6 Å². The van der Waals surface area contributed by atoms with Crippen molar-refractivity contribution in [2.24, 2.45) is 0 Å². The smallest absolute Gasteiger partial charge is 0.119 e. The molecule has 0 aliphatic heterocycles. The summed E-state index contributed by atoms with van der Waals surface area (Å²) in [6.45, 7) is 8.86. The maximum atomic E-state index is 5.33. The lowest BCUT2D eigenvalue weighted by molar-refractivity contribution is 0.144. The fraction of sp³-hybridized carbons (Fsp3) is 0.647. The lowest BCUT2D eigenvalue weighted by Gasteiger charge is -2.25. The second-order valence-electron chi connectivity index (χ2n) is 5.37. The van der Waals surface area contributed by atoms with E-state index in [0.717, 1.165) is 45.0 Å². The second-order valence-corrected chi connectivity index (χ2v) is 5.37. The van der Waals surface area contributed by atoms with Gasteiger partial charge in [0.1, 0.15) is 5.75 Å². The molecule has 0 heterocycles. The molecule has 1 aromatic carbocycles. The van der Waals surface area contributed by atoms with Gasteiger partial charge >= 0.3 is 0 Å². The minimum absolute atomic E-state index is 0.489. The van der Waals surface area contributed by atoms with Gasteiger partial charge in [-0.1, -0.05) is 12.1 Å². The van der Waals surface area contributed by atoms with Crippen molar-refractivity contribution < 1.29 is 9.47 Å². The van der Waals surface area contributed by atoms with Crippen molar-refractivity contribution in [3.8, 4) is 5.75 Å². The van der Waals surface area contributed by atoms with Crippen molar-refractivity contribution in [3.63, 3.8) is 0 Å². The number of hydrogen-bond acceptors (Lipinski definition) is 4. The van der Waals surface area contributed by atoms with Crippen molar-refractivity contribution >= 4 is 0 Å². The molecule has 0 aromatic heterocycles. The molecule has 1 aromatic rings. The summed E-state index contributed by atoms with van der Waals surface area (Å²) < 4.78 is 10.6. The van der Waals surface area contributed by atoms with Crippen LogP contribution in [0.15, 0.2) is 24.3 Å². The Labute approximate surface area is 129 Å². The minimum Gasteiger partial charge on any atom is -0.497 e. The van der Waals surface area contributed by atoms with E-state index in [9.17, 15) is 0 Å². The molecule has 1 rings (SSSR count). The van der Waals surface area contributed by atoms with E-state index in [1.807, 2.05) is 19.1 Å². The fourth-order valence-corrected chi connectivity index (χ4v) is 2.12. The molecule has 4 nitrogen and oxygen atoms in total. The fourth-order valence-electron chi connectivity index (χ4n) is 2.12. The quantitative estimate of drug-likeness (QED) is 0.636. The molecule has 0 radical (unpaired) electrons. The number of rotatable bonds is 11. The van der Waals surface area contributed by atoms with Crippen LogP contribution in [0.25, 0.3) is 0 Å². The Morgan fingerprint density at radius 2 is 2.14 bits per heavy atom. The Balaban J connectivity index is 2.25. The average Bonchev–Trinajstić information content (AvgIpc) is 2.50. The van der Waals surface area contributed by atoms with Crippen molar-refractivity contribution in [1.29, 1.82) is 0 Å². The van der Waals surface area contributed by atoms with Crippen LogP contribution in [0.4, 0.5) is 0 Å². The lowest BCUT2D eigenvalue weighted by atomic mass is 10.2. The third kappa shape index (κ3) is 7.46. The summed E-state index contributed by atoms with van der Waals surface area (Å²) in [6, 6.07) is 8.74. The summed E-state index contributed by atoms with van der Waals surface area (Å²) >= 11 is 0. The zero-order valence-electron chi connectivity index (χ0n) is 13.9. The Kier molecular flexibility index (Phi) is 9.06. The molecule has 0 saturated heterocycles. The Morgan fingerprint density at radius 1 is 1.33 bits per heavy atom. The van der Waals surface area contributed by atoms with E-state index >= 15 is 0 Å². The molecule has 0 bridgehead atoms. The molecule has 0 amide bonds. The first-order chi connectivity index (χ1) is 10.2. The Hall–Kier alpha value is -1.10. The summed E-state index contributed by atoms with van der Waals surface area (Å²) in [5, 5.41) is 3.49. The first-order valence-electron chi connectivity index (χ1n) is 7.79. The van der Waals surface area contributed by atoms with Gasteiger partial charge in [0.2, 0.25) is 0 Å². The van der Waals surface area contributed by atoms with Crippen molar-refractivity contribution in [2.45, 2.75) is 32.9 Å². The molecule has 1 unspecified atom stereocenters. The highest BCUT2D eigenvalue weighted by Gasteiger charge is 2.09. The van der Waals surface area contributed by atoms with Crippen LogP contribution in [0.2, 0.25) is 0 Å². The van der Waals surface area contributed by atoms with Crippen LogP contribution in [-0.4, -0.2) is 51.4 Å². The van der Waals surface area contributed by atoms with E-state index in [-0.39, 0.29) is 0 Å². The summed E-state index contributed by atoms with van der Waals surface area (Å²) in [7, 11) is 3.86. The van der Waals surface area contributed by atoms with Gasteiger partial charge in [-0.2, -0.15) is 0 Å². The van der Waals surface area contributed by atoms with Crippen LogP contribution in [0, 0.1) is 0 Å². The van der Waals surface area contributed by atoms with Crippen LogP contribution >= 0.6 is 0 Å². The van der Waals surface area contributed by atoms with Gasteiger partial charge in [0.05, 0.1) is 7.11 Å². The third-order valence-corrected chi connectivity index (χ3v) is 3.60. The molecular weight excluding hydrogens is 264 g/mol. The predicted octanol–water partition coefficient (Wildman–Crippen LogP) is 2.53. The highest BCUT2D eigenvalue weighted by atomic mass is 16.5. The zero-order valence-corrected chi connectivity index (χ0v) is 13.9. The molecule has 0 aliphatic rings. The molecule has 4 heteroatoms. The number of nitrogens with one attached hydrogen (secondary N) is 1. The molecular formula is C17H30N2O2. The maximum absolute atomic E-state index is 5.33. The maximum Gasteiger partial charge on any atom is 0.119 e.